The number of nitrogens with one attached hydrogen (secondary N) is 1. The lowest BCUT2D eigenvalue weighted by molar-refractivity contribution is 0.141. The van der Waals surface area contributed by atoms with Gasteiger partial charge in [-0.15, -0.1) is 0 Å². The molecule has 1 heterocycles. The molecule has 0 aromatic carbocycles. The molecule has 0 aromatic heterocycles. The van der Waals surface area contributed by atoms with Gasteiger partial charge in [0.25, 0.3) is 0 Å². The van der Waals surface area contributed by atoms with Gasteiger partial charge < -0.3 is 4.90 Å². The van der Waals surface area contributed by atoms with Crippen LogP contribution in [0.3, 0.4) is 0 Å². The van der Waals surface area contributed by atoms with E-state index in [0.29, 0.717) is 5.92 Å². The number of likely N-dealkylation sites (tertiary alicyclic amines) is 1. The molecule has 1 aliphatic carbocycles. The molecule has 1 N–H and O–H groups in total. The van der Waals surface area contributed by atoms with Crippen LogP contribution in [0.4, 0.5) is 0 Å². The van der Waals surface area contributed by atoms with Gasteiger partial charge in [-0.25, -0.2) is 0 Å². The molecule has 3 nitrogen and oxygen atoms in total. The maximum Gasteiger partial charge on any atom is 0.122 e. The molecule has 1 aliphatic heterocycles. The summed E-state index contributed by atoms with van der Waals surface area (Å²) in [6.07, 6.45) is 5.09. The summed E-state index contributed by atoms with van der Waals surface area (Å²) < 4.78 is 0. The van der Waals surface area contributed by atoms with Crippen molar-refractivity contribution in [2.75, 3.05) is 26.2 Å². The monoisotopic (exact) mass is 235 g/mol. The number of hydrogen-bond donors (Lipinski definition) is 1. The second kappa shape index (κ2) is 5.37. The third kappa shape index (κ3) is 3.00. The molecule has 2 aliphatic rings. The Morgan fingerprint density at radius 1 is 1.41 bits per heavy atom. The maximum absolute atomic E-state index is 9.58. The summed E-state index contributed by atoms with van der Waals surface area (Å²) in [4.78, 5) is 2.50. The highest BCUT2D eigenvalue weighted by Crippen LogP contribution is 2.40. The first-order valence-electron chi connectivity index (χ1n) is 7.09. The molecule has 17 heavy (non-hydrogen) atoms. The van der Waals surface area contributed by atoms with Crippen LogP contribution in [-0.2, 0) is 0 Å². The Bertz CT molecular complexity index is 292. The molecular weight excluding hydrogens is 210 g/mol. The Balaban J connectivity index is 1.99. The minimum absolute atomic E-state index is 0.272. The van der Waals surface area contributed by atoms with E-state index in [4.69, 9.17) is 0 Å². The first-order chi connectivity index (χ1) is 8.20. The van der Waals surface area contributed by atoms with Crippen LogP contribution in [0.15, 0.2) is 0 Å². The van der Waals surface area contributed by atoms with Gasteiger partial charge in [0.2, 0.25) is 0 Å². The van der Waals surface area contributed by atoms with Gasteiger partial charge in [0, 0.05) is 13.1 Å². The van der Waals surface area contributed by atoms with Crippen molar-refractivity contribution in [3.8, 4) is 6.07 Å². The van der Waals surface area contributed by atoms with Crippen molar-refractivity contribution in [1.29, 1.82) is 5.26 Å². The van der Waals surface area contributed by atoms with E-state index in [-0.39, 0.29) is 5.54 Å². The van der Waals surface area contributed by atoms with Gasteiger partial charge in [-0.1, -0.05) is 13.8 Å². The highest BCUT2D eigenvalue weighted by Gasteiger charge is 2.46. The zero-order chi connectivity index (χ0) is 12.3. The van der Waals surface area contributed by atoms with E-state index in [2.05, 4.69) is 30.1 Å². The fourth-order valence-electron chi connectivity index (χ4n) is 3.17. The first-order valence-corrected chi connectivity index (χ1v) is 7.09. The molecule has 0 bridgehead atoms. The number of likely N-dealkylation sites (N-methyl/N-ethyl adjacent to an activating group) is 1. The van der Waals surface area contributed by atoms with Gasteiger partial charge in [0.1, 0.15) is 5.54 Å². The fraction of sp³-hybridized carbons (Fsp3) is 0.929. The third-order valence-electron chi connectivity index (χ3n) is 4.18. The van der Waals surface area contributed by atoms with Gasteiger partial charge in [-0.05, 0) is 50.6 Å². The number of rotatable bonds is 5. The van der Waals surface area contributed by atoms with Crippen LogP contribution in [-0.4, -0.2) is 36.6 Å². The quantitative estimate of drug-likeness (QED) is 0.792. The molecule has 96 valence electrons. The topological polar surface area (TPSA) is 39.1 Å². The summed E-state index contributed by atoms with van der Waals surface area (Å²) in [5.74, 6) is 1.38. The molecule has 2 atom stereocenters. The largest absolute Gasteiger partial charge is 0.300 e. The maximum atomic E-state index is 9.58. The van der Waals surface area contributed by atoms with Gasteiger partial charge >= 0.3 is 0 Å². The summed E-state index contributed by atoms with van der Waals surface area (Å²) in [6, 6.07) is 2.59. The van der Waals surface area contributed by atoms with Crippen molar-refractivity contribution < 1.29 is 0 Å². The summed E-state index contributed by atoms with van der Waals surface area (Å²) in [5, 5.41) is 13.0. The van der Waals surface area contributed by atoms with Crippen molar-refractivity contribution in [2.24, 2.45) is 11.8 Å². The molecule has 0 amide bonds. The predicted octanol–water partition coefficient (Wildman–Crippen LogP) is 2.00. The van der Waals surface area contributed by atoms with E-state index in [1.807, 2.05) is 0 Å². The second-order valence-corrected chi connectivity index (χ2v) is 5.87. The molecule has 0 radical (unpaired) electrons. The second-order valence-electron chi connectivity index (χ2n) is 5.87. The summed E-state index contributed by atoms with van der Waals surface area (Å²) in [6.45, 7) is 8.59. The average molecular weight is 235 g/mol. The van der Waals surface area contributed by atoms with E-state index < -0.39 is 0 Å². The van der Waals surface area contributed by atoms with Gasteiger partial charge in [0.15, 0.2) is 0 Å². The summed E-state index contributed by atoms with van der Waals surface area (Å²) in [5.41, 5.74) is -0.272. The molecule has 2 rings (SSSR count). The lowest BCUT2D eigenvalue weighted by Gasteiger charge is -2.38. The highest BCUT2D eigenvalue weighted by molar-refractivity contribution is 5.16. The standard InChI is InChI=1S/C14H25N3/c1-3-16-14(10-15,13-6-7-13)11-17-8-4-5-12(2)9-17/h12-13,16H,3-9,11H2,1-2H3. The van der Waals surface area contributed by atoms with E-state index in [1.165, 1.54) is 38.8 Å². The van der Waals surface area contributed by atoms with Crippen LogP contribution in [0.1, 0.15) is 39.5 Å². The Morgan fingerprint density at radius 2 is 2.18 bits per heavy atom. The number of nitrogens with zero attached hydrogens (tertiary/aromatic N) is 2. The normalized spacial score (nSPS) is 29.6. The Labute approximate surface area is 105 Å². The van der Waals surface area contributed by atoms with Crippen LogP contribution >= 0.6 is 0 Å². The Hall–Kier alpha value is -0.590. The third-order valence-corrected chi connectivity index (χ3v) is 4.18. The minimum atomic E-state index is -0.272. The van der Waals surface area contributed by atoms with Crippen LogP contribution in [0.2, 0.25) is 0 Å². The van der Waals surface area contributed by atoms with Crippen LogP contribution in [0.5, 0.6) is 0 Å². The van der Waals surface area contributed by atoms with Gasteiger partial charge in [-0.2, -0.15) is 5.26 Å². The fourth-order valence-corrected chi connectivity index (χ4v) is 3.17. The summed E-state index contributed by atoms with van der Waals surface area (Å²) in [7, 11) is 0. The van der Waals surface area contributed by atoms with E-state index in [1.54, 1.807) is 0 Å². The number of piperidine rings is 1. The molecule has 2 fully saturated rings. The van der Waals surface area contributed by atoms with Crippen molar-refractivity contribution in [3.63, 3.8) is 0 Å². The first kappa shape index (κ1) is 12.9. The number of nitriles is 1. The lowest BCUT2D eigenvalue weighted by Crippen LogP contribution is -2.55. The van der Waals surface area contributed by atoms with Crippen LogP contribution < -0.4 is 5.32 Å². The van der Waals surface area contributed by atoms with E-state index >= 15 is 0 Å². The van der Waals surface area contributed by atoms with Crippen molar-refractivity contribution in [2.45, 2.75) is 45.1 Å². The van der Waals surface area contributed by atoms with Crippen molar-refractivity contribution in [1.82, 2.24) is 10.2 Å². The van der Waals surface area contributed by atoms with Crippen LogP contribution in [0.25, 0.3) is 0 Å². The van der Waals surface area contributed by atoms with Crippen molar-refractivity contribution in [3.05, 3.63) is 0 Å². The van der Waals surface area contributed by atoms with E-state index in [0.717, 1.165) is 19.0 Å². The molecule has 0 aromatic rings. The Kier molecular flexibility index (Phi) is 4.06. The lowest BCUT2D eigenvalue weighted by atomic mass is 9.91. The molecule has 2 unspecified atom stereocenters. The molecule has 3 heteroatoms. The van der Waals surface area contributed by atoms with Crippen molar-refractivity contribution >= 4 is 0 Å². The SMILES string of the molecule is CCNC(C#N)(CN1CCCC(C)C1)C1CC1. The molecule has 1 saturated carbocycles. The zero-order valence-corrected chi connectivity index (χ0v) is 11.2. The summed E-state index contributed by atoms with van der Waals surface area (Å²) >= 11 is 0. The number of hydrogen-bond acceptors (Lipinski definition) is 3. The van der Waals surface area contributed by atoms with Gasteiger partial charge in [0.05, 0.1) is 6.07 Å². The molecular formula is C14H25N3. The van der Waals surface area contributed by atoms with Gasteiger partial charge in [-0.3, -0.25) is 5.32 Å². The minimum Gasteiger partial charge on any atom is -0.300 e. The predicted molar refractivity (Wildman–Crippen MR) is 69.6 cm³/mol. The van der Waals surface area contributed by atoms with Crippen LogP contribution in [0, 0.1) is 23.2 Å². The molecule has 0 spiro atoms. The molecule has 1 saturated heterocycles. The zero-order valence-electron chi connectivity index (χ0n) is 11.2. The smallest absolute Gasteiger partial charge is 0.122 e. The Morgan fingerprint density at radius 3 is 2.71 bits per heavy atom. The van der Waals surface area contributed by atoms with E-state index in [9.17, 15) is 5.26 Å². The highest BCUT2D eigenvalue weighted by atomic mass is 15.2. The average Bonchev–Trinajstić information content (AvgIpc) is 3.12.